The first-order chi connectivity index (χ1) is 11.3. The largest absolute Gasteiger partial charge is 0.363 e. The quantitative estimate of drug-likeness (QED) is 0.827. The van der Waals surface area contributed by atoms with E-state index in [0.717, 1.165) is 5.82 Å². The van der Waals surface area contributed by atoms with Gasteiger partial charge in [-0.2, -0.15) is 0 Å². The van der Waals surface area contributed by atoms with Gasteiger partial charge in [0.05, 0.1) is 11.3 Å². The molecule has 1 saturated heterocycles. The summed E-state index contributed by atoms with van der Waals surface area (Å²) in [5, 5.41) is 2.97. The maximum atomic E-state index is 12.3. The van der Waals surface area contributed by atoms with Gasteiger partial charge in [0.15, 0.2) is 0 Å². The molecular formula is C16H26N4O3S. The summed E-state index contributed by atoms with van der Waals surface area (Å²) in [6.45, 7) is 2.79. The van der Waals surface area contributed by atoms with Gasteiger partial charge in [-0.15, -0.1) is 0 Å². The van der Waals surface area contributed by atoms with E-state index in [0.29, 0.717) is 37.9 Å². The molecular weight excluding hydrogens is 328 g/mol. The fourth-order valence-electron chi connectivity index (χ4n) is 2.72. The minimum atomic E-state index is -3.14. The molecule has 7 nitrogen and oxygen atoms in total. The number of sulfonamides is 1. The monoisotopic (exact) mass is 354 g/mol. The number of piperidine rings is 1. The van der Waals surface area contributed by atoms with E-state index in [1.54, 1.807) is 18.3 Å². The molecule has 1 fully saturated rings. The average Bonchev–Trinajstić information content (AvgIpc) is 2.55. The number of aromatic nitrogens is 1. The summed E-state index contributed by atoms with van der Waals surface area (Å²) in [6.07, 6.45) is 3.45. The standard InChI is InChI=1S/C16H26N4O3S/c1-4-11-24(22,23)20-9-7-14(8-10-20)18-16(21)13-5-6-15(17-12-13)19(2)3/h5-6,12,14H,4,7-11H2,1-3H3,(H,18,21). The number of amides is 1. The summed E-state index contributed by atoms with van der Waals surface area (Å²) >= 11 is 0. The number of carbonyl (C=O) groups is 1. The van der Waals surface area contributed by atoms with Crippen molar-refractivity contribution in [1.82, 2.24) is 14.6 Å². The van der Waals surface area contributed by atoms with E-state index >= 15 is 0 Å². The molecule has 0 bridgehead atoms. The van der Waals surface area contributed by atoms with Crippen LogP contribution in [0.2, 0.25) is 0 Å². The Morgan fingerprint density at radius 2 is 2.00 bits per heavy atom. The maximum absolute atomic E-state index is 12.3. The third-order valence-corrected chi connectivity index (χ3v) is 6.19. The molecule has 2 rings (SSSR count). The highest BCUT2D eigenvalue weighted by molar-refractivity contribution is 7.89. The Kier molecular flexibility index (Phi) is 6.17. The van der Waals surface area contributed by atoms with Crippen molar-refractivity contribution in [3.05, 3.63) is 23.9 Å². The summed E-state index contributed by atoms with van der Waals surface area (Å²) in [5.74, 6) is 0.817. The zero-order chi connectivity index (χ0) is 17.7. The predicted octanol–water partition coefficient (Wildman–Crippen LogP) is 1.08. The van der Waals surface area contributed by atoms with Gasteiger partial charge in [0.2, 0.25) is 10.0 Å². The van der Waals surface area contributed by atoms with Gasteiger partial charge in [-0.1, -0.05) is 6.92 Å². The zero-order valence-electron chi connectivity index (χ0n) is 14.5. The van der Waals surface area contributed by atoms with Crippen LogP contribution < -0.4 is 10.2 Å². The minimum absolute atomic E-state index is 0.000832. The van der Waals surface area contributed by atoms with Gasteiger partial charge in [-0.25, -0.2) is 17.7 Å². The van der Waals surface area contributed by atoms with E-state index in [4.69, 9.17) is 0 Å². The van der Waals surface area contributed by atoms with Crippen LogP contribution in [0.5, 0.6) is 0 Å². The molecule has 1 aromatic rings. The first kappa shape index (κ1) is 18.7. The number of nitrogens with one attached hydrogen (secondary N) is 1. The Balaban J connectivity index is 1.88. The molecule has 0 aliphatic carbocycles. The zero-order valence-corrected chi connectivity index (χ0v) is 15.3. The number of hydrogen-bond donors (Lipinski definition) is 1. The van der Waals surface area contributed by atoms with Crippen molar-refractivity contribution in [3.8, 4) is 0 Å². The van der Waals surface area contributed by atoms with Crippen LogP contribution in [-0.4, -0.2) is 62.6 Å². The van der Waals surface area contributed by atoms with E-state index in [2.05, 4.69) is 10.3 Å². The lowest BCUT2D eigenvalue weighted by Gasteiger charge is -2.31. The lowest BCUT2D eigenvalue weighted by molar-refractivity contribution is 0.0923. The van der Waals surface area contributed by atoms with E-state index in [-0.39, 0.29) is 17.7 Å². The van der Waals surface area contributed by atoms with Gasteiger partial charge in [0, 0.05) is 39.4 Å². The van der Waals surface area contributed by atoms with Crippen LogP contribution in [-0.2, 0) is 10.0 Å². The highest BCUT2D eigenvalue weighted by Gasteiger charge is 2.28. The summed E-state index contributed by atoms with van der Waals surface area (Å²) in [4.78, 5) is 18.4. The molecule has 0 atom stereocenters. The lowest BCUT2D eigenvalue weighted by atomic mass is 10.1. The molecule has 134 valence electrons. The number of anilines is 1. The Bertz CT molecular complexity index is 650. The fraction of sp³-hybridized carbons (Fsp3) is 0.625. The molecule has 1 aliphatic rings. The Labute approximate surface area is 144 Å². The third-order valence-electron chi connectivity index (χ3n) is 4.11. The maximum Gasteiger partial charge on any atom is 0.253 e. The van der Waals surface area contributed by atoms with E-state index in [1.165, 1.54) is 4.31 Å². The van der Waals surface area contributed by atoms with Crippen LogP contribution in [0.15, 0.2) is 18.3 Å². The van der Waals surface area contributed by atoms with Gasteiger partial charge in [0.25, 0.3) is 5.91 Å². The van der Waals surface area contributed by atoms with Crippen molar-refractivity contribution in [3.63, 3.8) is 0 Å². The molecule has 8 heteroatoms. The number of hydrogen-bond acceptors (Lipinski definition) is 5. The molecule has 0 spiro atoms. The molecule has 1 N–H and O–H groups in total. The second-order valence-corrected chi connectivity index (χ2v) is 8.35. The smallest absolute Gasteiger partial charge is 0.253 e. The number of rotatable bonds is 6. The van der Waals surface area contributed by atoms with Crippen LogP contribution in [0.25, 0.3) is 0 Å². The summed E-state index contributed by atoms with van der Waals surface area (Å²) in [6, 6.07) is 3.55. The minimum Gasteiger partial charge on any atom is -0.363 e. The third kappa shape index (κ3) is 4.67. The Morgan fingerprint density at radius 3 is 2.50 bits per heavy atom. The second kappa shape index (κ2) is 7.94. The van der Waals surface area contributed by atoms with E-state index < -0.39 is 10.0 Å². The summed E-state index contributed by atoms with van der Waals surface area (Å²) < 4.78 is 25.6. The van der Waals surface area contributed by atoms with E-state index in [1.807, 2.05) is 25.9 Å². The van der Waals surface area contributed by atoms with Crippen LogP contribution in [0.4, 0.5) is 5.82 Å². The summed E-state index contributed by atoms with van der Waals surface area (Å²) in [7, 11) is 0.638. The number of nitrogens with zero attached hydrogens (tertiary/aromatic N) is 3. The van der Waals surface area contributed by atoms with Gasteiger partial charge >= 0.3 is 0 Å². The highest BCUT2D eigenvalue weighted by Crippen LogP contribution is 2.16. The molecule has 1 aliphatic heterocycles. The van der Waals surface area contributed by atoms with Crippen molar-refractivity contribution in [1.29, 1.82) is 0 Å². The normalized spacial score (nSPS) is 16.8. The Hall–Kier alpha value is -1.67. The van der Waals surface area contributed by atoms with Crippen LogP contribution in [0, 0.1) is 0 Å². The lowest BCUT2D eigenvalue weighted by Crippen LogP contribution is -2.47. The van der Waals surface area contributed by atoms with Crippen molar-refractivity contribution < 1.29 is 13.2 Å². The molecule has 0 unspecified atom stereocenters. The number of pyridine rings is 1. The van der Waals surface area contributed by atoms with Gasteiger partial charge in [-0.05, 0) is 31.4 Å². The Morgan fingerprint density at radius 1 is 1.33 bits per heavy atom. The molecule has 1 aromatic heterocycles. The van der Waals surface area contributed by atoms with Crippen LogP contribution in [0.1, 0.15) is 36.5 Å². The van der Waals surface area contributed by atoms with Crippen molar-refractivity contribution in [2.24, 2.45) is 0 Å². The second-order valence-electron chi connectivity index (χ2n) is 6.26. The first-order valence-electron chi connectivity index (χ1n) is 8.25. The molecule has 0 saturated carbocycles. The van der Waals surface area contributed by atoms with Crippen molar-refractivity contribution in [2.75, 3.05) is 37.8 Å². The highest BCUT2D eigenvalue weighted by atomic mass is 32.2. The number of carbonyl (C=O) groups excluding carboxylic acids is 1. The molecule has 2 heterocycles. The molecule has 0 radical (unpaired) electrons. The molecule has 24 heavy (non-hydrogen) atoms. The SMILES string of the molecule is CCCS(=O)(=O)N1CCC(NC(=O)c2ccc(N(C)C)nc2)CC1. The molecule has 1 amide bonds. The average molecular weight is 354 g/mol. The molecule has 0 aromatic carbocycles. The van der Waals surface area contributed by atoms with Gasteiger partial charge < -0.3 is 10.2 Å². The topological polar surface area (TPSA) is 82.6 Å². The van der Waals surface area contributed by atoms with Crippen LogP contribution >= 0.6 is 0 Å². The van der Waals surface area contributed by atoms with E-state index in [9.17, 15) is 13.2 Å². The van der Waals surface area contributed by atoms with Gasteiger partial charge in [0.1, 0.15) is 5.82 Å². The fourth-order valence-corrected chi connectivity index (χ4v) is 4.26. The van der Waals surface area contributed by atoms with Crippen molar-refractivity contribution in [2.45, 2.75) is 32.2 Å². The predicted molar refractivity (Wildman–Crippen MR) is 94.7 cm³/mol. The summed E-state index contributed by atoms with van der Waals surface area (Å²) in [5.41, 5.74) is 0.515. The first-order valence-corrected chi connectivity index (χ1v) is 9.86. The van der Waals surface area contributed by atoms with Gasteiger partial charge in [-0.3, -0.25) is 4.79 Å². The van der Waals surface area contributed by atoms with Crippen molar-refractivity contribution >= 4 is 21.7 Å². The van der Waals surface area contributed by atoms with Crippen LogP contribution in [0.3, 0.4) is 0 Å².